The van der Waals surface area contributed by atoms with E-state index in [0.717, 1.165) is 20.0 Å². The number of H-pyrrole nitrogens is 1. The molecule has 2 heterocycles. The molecule has 0 spiro atoms. The van der Waals surface area contributed by atoms with Gasteiger partial charge in [-0.2, -0.15) is 8.78 Å². The molecule has 144 valence electrons. The Hall–Kier alpha value is -2.56. The number of carbonyl (C=O) groups is 2. The monoisotopic (exact) mass is 376 g/mol. The van der Waals surface area contributed by atoms with Crippen molar-refractivity contribution < 1.29 is 32.6 Å². The molecule has 0 bridgehead atoms. The van der Waals surface area contributed by atoms with Gasteiger partial charge in [0.1, 0.15) is 12.2 Å². The van der Waals surface area contributed by atoms with Crippen LogP contribution in [0.5, 0.6) is 0 Å². The fourth-order valence-electron chi connectivity index (χ4n) is 2.69. The lowest BCUT2D eigenvalue weighted by molar-refractivity contribution is -0.176. The molecule has 4 unspecified atom stereocenters. The van der Waals surface area contributed by atoms with Crippen LogP contribution in [0.2, 0.25) is 0 Å². The van der Waals surface area contributed by atoms with Gasteiger partial charge in [0.2, 0.25) is 6.23 Å². The highest BCUT2D eigenvalue weighted by molar-refractivity contribution is 5.67. The van der Waals surface area contributed by atoms with Crippen LogP contribution in [0.15, 0.2) is 15.8 Å². The standard InChI is InChI=1S/C15H18F2N2O7/c1-6-5-19(14(23)18-12(6)22)13-15(16,17)11(25-9(4)21)10(26-13)7(2)24-8(3)20/h5,7,10-11,13H,1-4H3,(H,18,22,23). The first-order valence-electron chi connectivity index (χ1n) is 7.65. The lowest BCUT2D eigenvalue weighted by Crippen LogP contribution is -2.46. The Bertz CT molecular complexity index is 832. The zero-order valence-electron chi connectivity index (χ0n) is 14.4. The summed E-state index contributed by atoms with van der Waals surface area (Å²) in [7, 11) is 0. The lowest BCUT2D eigenvalue weighted by atomic mass is 10.1. The van der Waals surface area contributed by atoms with Crippen molar-refractivity contribution in [3.63, 3.8) is 0 Å². The minimum atomic E-state index is -3.83. The van der Waals surface area contributed by atoms with E-state index in [9.17, 15) is 28.0 Å². The van der Waals surface area contributed by atoms with Crippen LogP contribution in [0.4, 0.5) is 8.78 Å². The van der Waals surface area contributed by atoms with E-state index < -0.39 is 53.6 Å². The van der Waals surface area contributed by atoms with Crippen LogP contribution in [0, 0.1) is 6.92 Å². The van der Waals surface area contributed by atoms with Gasteiger partial charge >= 0.3 is 23.6 Å². The van der Waals surface area contributed by atoms with Gasteiger partial charge in [0.05, 0.1) is 0 Å². The van der Waals surface area contributed by atoms with E-state index in [1.807, 2.05) is 4.98 Å². The second-order valence-corrected chi connectivity index (χ2v) is 5.95. The van der Waals surface area contributed by atoms with Crippen molar-refractivity contribution in [2.24, 2.45) is 0 Å². The van der Waals surface area contributed by atoms with E-state index in [-0.39, 0.29) is 5.56 Å². The van der Waals surface area contributed by atoms with Gasteiger partial charge < -0.3 is 14.2 Å². The van der Waals surface area contributed by atoms with E-state index in [1.54, 1.807) is 0 Å². The molecule has 1 aromatic heterocycles. The van der Waals surface area contributed by atoms with Crippen LogP contribution in [0.25, 0.3) is 0 Å². The molecule has 1 aliphatic rings. The van der Waals surface area contributed by atoms with Crippen LogP contribution in [-0.4, -0.2) is 45.7 Å². The summed E-state index contributed by atoms with van der Waals surface area (Å²) in [4.78, 5) is 47.7. The molecule has 0 aliphatic carbocycles. The van der Waals surface area contributed by atoms with Gasteiger partial charge in [-0.15, -0.1) is 0 Å². The normalized spacial score (nSPS) is 25.5. The maximum absolute atomic E-state index is 14.9. The van der Waals surface area contributed by atoms with E-state index in [0.29, 0.717) is 4.57 Å². The Balaban J connectivity index is 2.50. The molecule has 2 rings (SSSR count). The van der Waals surface area contributed by atoms with Crippen molar-refractivity contribution in [3.05, 3.63) is 32.6 Å². The average Bonchev–Trinajstić information content (AvgIpc) is 2.74. The number of hydrogen-bond donors (Lipinski definition) is 1. The smallest absolute Gasteiger partial charge is 0.331 e. The molecule has 1 aliphatic heterocycles. The molecule has 1 saturated heterocycles. The molecule has 0 aromatic carbocycles. The topological polar surface area (TPSA) is 117 Å². The van der Waals surface area contributed by atoms with Crippen LogP contribution in [0.3, 0.4) is 0 Å². The Morgan fingerprint density at radius 1 is 1.31 bits per heavy atom. The van der Waals surface area contributed by atoms with Gasteiger partial charge in [-0.05, 0) is 13.8 Å². The average molecular weight is 376 g/mol. The number of carbonyl (C=O) groups excluding carboxylic acids is 2. The third kappa shape index (κ3) is 3.66. The van der Waals surface area contributed by atoms with Crippen molar-refractivity contribution in [1.29, 1.82) is 0 Å². The fraction of sp³-hybridized carbons (Fsp3) is 0.600. The molecule has 0 saturated carbocycles. The second kappa shape index (κ2) is 6.98. The molecule has 0 amide bonds. The predicted octanol–water partition coefficient (Wildman–Crippen LogP) is 0.261. The van der Waals surface area contributed by atoms with Crippen molar-refractivity contribution in [1.82, 2.24) is 9.55 Å². The molecular weight excluding hydrogens is 358 g/mol. The number of rotatable bonds is 4. The Labute approximate surface area is 145 Å². The van der Waals surface area contributed by atoms with E-state index in [2.05, 4.69) is 0 Å². The van der Waals surface area contributed by atoms with Crippen molar-refractivity contribution in [2.45, 2.75) is 58.2 Å². The zero-order valence-corrected chi connectivity index (χ0v) is 14.4. The summed E-state index contributed by atoms with van der Waals surface area (Å²) in [5, 5.41) is 0. The van der Waals surface area contributed by atoms with E-state index >= 15 is 0 Å². The van der Waals surface area contributed by atoms with Crippen molar-refractivity contribution in [3.8, 4) is 0 Å². The van der Waals surface area contributed by atoms with Gasteiger partial charge in [0, 0.05) is 25.6 Å². The summed E-state index contributed by atoms with van der Waals surface area (Å²) in [5.41, 5.74) is -1.84. The third-order valence-corrected chi connectivity index (χ3v) is 3.80. The summed E-state index contributed by atoms with van der Waals surface area (Å²) in [5.74, 6) is -5.57. The Morgan fingerprint density at radius 3 is 2.46 bits per heavy atom. The second-order valence-electron chi connectivity index (χ2n) is 5.95. The van der Waals surface area contributed by atoms with Gasteiger partial charge in [-0.25, -0.2) is 4.79 Å². The fourth-order valence-corrected chi connectivity index (χ4v) is 2.69. The van der Waals surface area contributed by atoms with Crippen LogP contribution in [-0.2, 0) is 23.8 Å². The molecule has 1 fully saturated rings. The SMILES string of the molecule is CC(=O)OC(C)C1OC(n2cc(C)c(=O)[nH]c2=O)C(F)(F)C1OC(C)=O. The molecule has 0 radical (unpaired) electrons. The lowest BCUT2D eigenvalue weighted by Gasteiger charge is -2.25. The van der Waals surface area contributed by atoms with Crippen LogP contribution >= 0.6 is 0 Å². The number of esters is 2. The minimum absolute atomic E-state index is 0.00419. The van der Waals surface area contributed by atoms with Crippen molar-refractivity contribution >= 4 is 11.9 Å². The first-order valence-corrected chi connectivity index (χ1v) is 7.65. The zero-order chi connectivity index (χ0) is 19.8. The van der Waals surface area contributed by atoms with Gasteiger partial charge in [0.25, 0.3) is 5.56 Å². The quantitative estimate of drug-likeness (QED) is 0.749. The number of nitrogens with zero attached hydrogens (tertiary/aromatic N) is 1. The Kier molecular flexibility index (Phi) is 5.31. The van der Waals surface area contributed by atoms with E-state index in [4.69, 9.17) is 14.2 Å². The Morgan fingerprint density at radius 2 is 1.92 bits per heavy atom. The summed E-state index contributed by atoms with van der Waals surface area (Å²) in [6.45, 7) is 4.64. The maximum Gasteiger partial charge on any atom is 0.331 e. The molecule has 9 nitrogen and oxygen atoms in total. The molecule has 11 heteroatoms. The summed E-state index contributed by atoms with van der Waals surface area (Å²) < 4.78 is 45.1. The maximum atomic E-state index is 14.9. The summed E-state index contributed by atoms with van der Waals surface area (Å²) in [6, 6.07) is 0. The number of aromatic amines is 1. The third-order valence-electron chi connectivity index (χ3n) is 3.80. The number of hydrogen-bond acceptors (Lipinski definition) is 7. The summed E-state index contributed by atoms with van der Waals surface area (Å²) >= 11 is 0. The van der Waals surface area contributed by atoms with Gasteiger partial charge in [0.15, 0.2) is 6.10 Å². The highest BCUT2D eigenvalue weighted by Crippen LogP contribution is 2.45. The first-order chi connectivity index (χ1) is 11.9. The highest BCUT2D eigenvalue weighted by Gasteiger charge is 2.64. The summed E-state index contributed by atoms with van der Waals surface area (Å²) in [6.07, 6.45) is -6.06. The molecule has 1 N–H and O–H groups in total. The molecule has 4 atom stereocenters. The molecule has 1 aromatic rings. The van der Waals surface area contributed by atoms with Crippen molar-refractivity contribution in [2.75, 3.05) is 0 Å². The number of aromatic nitrogens is 2. The number of ether oxygens (including phenoxy) is 3. The van der Waals surface area contributed by atoms with Crippen LogP contribution < -0.4 is 11.2 Å². The molecular formula is C15H18F2N2O7. The highest BCUT2D eigenvalue weighted by atomic mass is 19.3. The predicted molar refractivity (Wildman–Crippen MR) is 81.7 cm³/mol. The van der Waals surface area contributed by atoms with Gasteiger partial charge in [-0.3, -0.25) is 23.9 Å². The number of aryl methyl sites for hydroxylation is 1. The number of nitrogens with one attached hydrogen (secondary N) is 1. The largest absolute Gasteiger partial charge is 0.460 e. The molecule has 26 heavy (non-hydrogen) atoms. The number of alkyl halides is 2. The van der Waals surface area contributed by atoms with E-state index in [1.165, 1.54) is 13.8 Å². The van der Waals surface area contributed by atoms with Gasteiger partial charge in [-0.1, -0.05) is 0 Å². The number of halogens is 2. The first kappa shape index (κ1) is 19.8. The minimum Gasteiger partial charge on any atom is -0.460 e. The van der Waals surface area contributed by atoms with Crippen LogP contribution in [0.1, 0.15) is 32.6 Å².